The second-order valence-electron chi connectivity index (χ2n) is 8.36. The van der Waals surface area contributed by atoms with Gasteiger partial charge in [0.2, 0.25) is 21.6 Å². The number of carboxylic acid groups (broad SMARTS) is 1. The third kappa shape index (κ3) is 6.34. The standard InChI is InChI=1S/C26H24ClN3O6S/c1-17-28-25(29-36-17)19-7-11-23(12-8-19)37(34,35)22-9-5-18(6-10-22)13-14-30(26(32)33)16-24(31)20-3-2-4-21(27)15-20/h2-12,15,24,31H,13-14,16H2,1H3,(H,32,33)/t24-/m0/s1. The van der Waals surface area contributed by atoms with Crippen LogP contribution in [0, 0.1) is 6.92 Å². The summed E-state index contributed by atoms with van der Waals surface area (Å²) in [4.78, 5) is 17.2. The highest BCUT2D eigenvalue weighted by atomic mass is 35.5. The zero-order valence-corrected chi connectivity index (χ0v) is 21.4. The van der Waals surface area contributed by atoms with Gasteiger partial charge in [0.1, 0.15) is 0 Å². The molecule has 37 heavy (non-hydrogen) atoms. The van der Waals surface area contributed by atoms with E-state index in [1.54, 1.807) is 55.5 Å². The molecule has 0 saturated heterocycles. The van der Waals surface area contributed by atoms with Crippen LogP contribution in [0.5, 0.6) is 0 Å². The van der Waals surface area contributed by atoms with E-state index < -0.39 is 22.0 Å². The van der Waals surface area contributed by atoms with Crippen LogP contribution in [0.4, 0.5) is 4.79 Å². The van der Waals surface area contributed by atoms with Crippen molar-refractivity contribution in [3.63, 3.8) is 0 Å². The number of nitrogens with zero attached hydrogens (tertiary/aromatic N) is 3. The Balaban J connectivity index is 1.41. The molecule has 0 radical (unpaired) electrons. The van der Waals surface area contributed by atoms with Crippen molar-refractivity contribution in [1.82, 2.24) is 15.0 Å². The number of aromatic nitrogens is 2. The SMILES string of the molecule is Cc1nc(-c2ccc(S(=O)(=O)c3ccc(CCN(C[C@H](O)c4cccc(Cl)c4)C(=O)O)cc3)cc2)no1. The summed E-state index contributed by atoms with van der Waals surface area (Å²) in [5.74, 6) is 0.789. The fourth-order valence-electron chi connectivity index (χ4n) is 3.73. The zero-order chi connectivity index (χ0) is 26.6. The predicted molar refractivity (Wildman–Crippen MR) is 136 cm³/mol. The largest absolute Gasteiger partial charge is 0.465 e. The number of aliphatic hydroxyl groups excluding tert-OH is 1. The van der Waals surface area contributed by atoms with E-state index >= 15 is 0 Å². The minimum absolute atomic E-state index is 0.117. The van der Waals surface area contributed by atoms with Gasteiger partial charge >= 0.3 is 6.09 Å². The van der Waals surface area contributed by atoms with Gasteiger partial charge in [0.15, 0.2) is 0 Å². The maximum Gasteiger partial charge on any atom is 0.407 e. The van der Waals surface area contributed by atoms with Gasteiger partial charge in [-0.15, -0.1) is 0 Å². The third-order valence-electron chi connectivity index (χ3n) is 5.75. The predicted octanol–water partition coefficient (Wildman–Crippen LogP) is 4.79. The molecule has 9 nitrogen and oxygen atoms in total. The number of sulfone groups is 1. The molecule has 0 unspecified atom stereocenters. The lowest BCUT2D eigenvalue weighted by atomic mass is 10.1. The topological polar surface area (TPSA) is 134 Å². The second-order valence-corrected chi connectivity index (χ2v) is 10.7. The Morgan fingerprint density at radius 3 is 2.27 bits per heavy atom. The fourth-order valence-corrected chi connectivity index (χ4v) is 5.19. The van der Waals surface area contributed by atoms with Crippen LogP contribution >= 0.6 is 11.6 Å². The van der Waals surface area contributed by atoms with Crippen LogP contribution in [-0.2, 0) is 16.3 Å². The molecule has 0 aliphatic rings. The molecule has 0 bridgehead atoms. The molecule has 0 saturated carbocycles. The lowest BCUT2D eigenvalue weighted by Gasteiger charge is -2.23. The van der Waals surface area contributed by atoms with Gasteiger partial charge in [0.25, 0.3) is 0 Å². The van der Waals surface area contributed by atoms with Gasteiger partial charge in [-0.25, -0.2) is 13.2 Å². The lowest BCUT2D eigenvalue weighted by Crippen LogP contribution is -2.35. The summed E-state index contributed by atoms with van der Waals surface area (Å²) < 4.78 is 31.1. The second kappa shape index (κ2) is 11.1. The van der Waals surface area contributed by atoms with Crippen LogP contribution in [0.1, 0.15) is 23.1 Å². The van der Waals surface area contributed by atoms with Crippen LogP contribution in [0.2, 0.25) is 5.02 Å². The number of hydrogen-bond acceptors (Lipinski definition) is 7. The molecular weight excluding hydrogens is 518 g/mol. The van der Waals surface area contributed by atoms with E-state index in [-0.39, 0.29) is 22.9 Å². The summed E-state index contributed by atoms with van der Waals surface area (Å²) in [7, 11) is -3.76. The van der Waals surface area contributed by atoms with Crippen molar-refractivity contribution in [3.05, 3.63) is 94.8 Å². The van der Waals surface area contributed by atoms with Gasteiger partial charge in [0.05, 0.1) is 22.4 Å². The summed E-state index contributed by atoms with van der Waals surface area (Å²) in [6.07, 6.45) is -1.86. The van der Waals surface area contributed by atoms with E-state index in [0.717, 1.165) is 10.5 Å². The Morgan fingerprint density at radius 2 is 1.70 bits per heavy atom. The number of hydrogen-bond donors (Lipinski definition) is 2. The van der Waals surface area contributed by atoms with Gasteiger partial charge in [-0.05, 0) is 66.1 Å². The Bertz CT molecular complexity index is 1490. The number of carbonyl (C=O) groups is 1. The van der Waals surface area contributed by atoms with E-state index in [0.29, 0.717) is 34.3 Å². The molecule has 0 fully saturated rings. The molecule has 2 N–H and O–H groups in total. The summed E-state index contributed by atoms with van der Waals surface area (Å²) in [5, 5.41) is 24.3. The minimum atomic E-state index is -3.76. The molecular formula is C26H24ClN3O6S. The molecule has 11 heteroatoms. The Morgan fingerprint density at radius 1 is 1.05 bits per heavy atom. The van der Waals surface area contributed by atoms with Crippen molar-refractivity contribution in [2.75, 3.05) is 13.1 Å². The number of aliphatic hydroxyl groups is 1. The van der Waals surface area contributed by atoms with Crippen LogP contribution in [0.3, 0.4) is 0 Å². The van der Waals surface area contributed by atoms with Gasteiger partial charge in [-0.2, -0.15) is 4.98 Å². The highest BCUT2D eigenvalue weighted by Crippen LogP contribution is 2.25. The van der Waals surface area contributed by atoms with Crippen molar-refractivity contribution in [1.29, 1.82) is 0 Å². The molecule has 0 spiro atoms. The normalized spacial score (nSPS) is 12.3. The van der Waals surface area contributed by atoms with E-state index in [2.05, 4.69) is 10.1 Å². The number of benzene rings is 3. The van der Waals surface area contributed by atoms with Crippen LogP contribution in [0.25, 0.3) is 11.4 Å². The highest BCUT2D eigenvalue weighted by molar-refractivity contribution is 7.91. The average Bonchev–Trinajstić information content (AvgIpc) is 3.32. The summed E-state index contributed by atoms with van der Waals surface area (Å²) >= 11 is 5.95. The average molecular weight is 542 g/mol. The first kappa shape index (κ1) is 26.3. The molecule has 1 atom stereocenters. The quantitative estimate of drug-likeness (QED) is 0.309. The number of aryl methyl sites for hydroxylation is 1. The van der Waals surface area contributed by atoms with E-state index in [1.807, 2.05) is 0 Å². The van der Waals surface area contributed by atoms with Gasteiger partial charge < -0.3 is 19.6 Å². The molecule has 1 amide bonds. The number of amides is 1. The van der Waals surface area contributed by atoms with Crippen molar-refractivity contribution >= 4 is 27.5 Å². The number of rotatable bonds is 9. The first-order valence-corrected chi connectivity index (χ1v) is 13.2. The van der Waals surface area contributed by atoms with Gasteiger partial charge in [-0.3, -0.25) is 0 Å². The molecule has 1 heterocycles. The smallest absolute Gasteiger partial charge is 0.407 e. The summed E-state index contributed by atoms with van der Waals surface area (Å²) in [6.45, 7) is 1.67. The maximum absolute atomic E-state index is 13.1. The van der Waals surface area contributed by atoms with Crippen molar-refractivity contribution in [2.24, 2.45) is 0 Å². The van der Waals surface area contributed by atoms with Crippen LogP contribution < -0.4 is 0 Å². The first-order valence-electron chi connectivity index (χ1n) is 11.3. The van der Waals surface area contributed by atoms with Gasteiger partial charge in [0, 0.05) is 24.1 Å². The molecule has 4 aromatic rings. The molecule has 4 rings (SSSR count). The first-order chi connectivity index (χ1) is 17.6. The van der Waals surface area contributed by atoms with Crippen LogP contribution in [0.15, 0.2) is 87.1 Å². The summed E-state index contributed by atoms with van der Waals surface area (Å²) in [5.41, 5.74) is 1.91. The van der Waals surface area contributed by atoms with Crippen molar-refractivity contribution in [2.45, 2.75) is 29.2 Å². The highest BCUT2D eigenvalue weighted by Gasteiger charge is 2.20. The number of halogens is 1. The minimum Gasteiger partial charge on any atom is -0.465 e. The molecule has 0 aliphatic heterocycles. The maximum atomic E-state index is 13.1. The Hall–Kier alpha value is -3.73. The fraction of sp³-hybridized carbons (Fsp3) is 0.192. The molecule has 1 aromatic heterocycles. The van der Waals surface area contributed by atoms with E-state index in [9.17, 15) is 23.4 Å². The molecule has 3 aromatic carbocycles. The summed E-state index contributed by atoms with van der Waals surface area (Å²) in [6, 6.07) is 19.1. The third-order valence-corrected chi connectivity index (χ3v) is 7.77. The monoisotopic (exact) mass is 541 g/mol. The lowest BCUT2D eigenvalue weighted by molar-refractivity contribution is 0.0973. The van der Waals surface area contributed by atoms with Crippen molar-refractivity contribution < 1.29 is 27.9 Å². The van der Waals surface area contributed by atoms with Crippen LogP contribution in [-0.4, -0.2) is 52.9 Å². The zero-order valence-electron chi connectivity index (χ0n) is 19.8. The van der Waals surface area contributed by atoms with Crippen molar-refractivity contribution in [3.8, 4) is 11.4 Å². The Kier molecular flexibility index (Phi) is 7.91. The molecule has 0 aliphatic carbocycles. The Labute approximate surface area is 218 Å². The van der Waals surface area contributed by atoms with E-state index in [4.69, 9.17) is 16.1 Å². The van der Waals surface area contributed by atoms with E-state index in [1.165, 1.54) is 24.3 Å². The van der Waals surface area contributed by atoms with Gasteiger partial charge in [-0.1, -0.05) is 41.0 Å². The molecule has 192 valence electrons.